The Hall–Kier alpha value is -3.54. The van der Waals surface area contributed by atoms with Crippen LogP contribution in [0.2, 0.25) is 5.02 Å². The Morgan fingerprint density at radius 1 is 1.02 bits per heavy atom. The summed E-state index contributed by atoms with van der Waals surface area (Å²) in [5, 5.41) is 0.373. The molecular weight excluding hydrogens is 562 g/mol. The predicted molar refractivity (Wildman–Crippen MR) is 164 cm³/mol. The Bertz CT molecular complexity index is 1570. The maximum Gasteiger partial charge on any atom is 0.269 e. The molecule has 0 aliphatic carbocycles. The summed E-state index contributed by atoms with van der Waals surface area (Å²) in [6, 6.07) is 14.9. The number of benzene rings is 2. The van der Waals surface area contributed by atoms with E-state index in [-0.39, 0.29) is 30.1 Å². The Morgan fingerprint density at radius 3 is 2.51 bits per heavy atom. The molecule has 214 valence electrons. The number of rotatable bonds is 13. The first-order valence-corrected chi connectivity index (χ1v) is 15.2. The zero-order chi connectivity index (χ0) is 29.4. The summed E-state index contributed by atoms with van der Waals surface area (Å²) in [6.07, 6.45) is 7.38. The van der Waals surface area contributed by atoms with Crippen molar-refractivity contribution in [1.29, 1.82) is 0 Å². The van der Waals surface area contributed by atoms with Crippen LogP contribution in [-0.4, -0.2) is 28.1 Å². The number of aryl methyl sites for hydroxylation is 1. The normalized spacial score (nSPS) is 11.2. The average Bonchev–Trinajstić information content (AvgIpc) is 2.95. The monoisotopic (exact) mass is 594 g/mol. The Labute approximate surface area is 246 Å². The molecule has 0 spiro atoms. The molecule has 9 heteroatoms. The minimum Gasteiger partial charge on any atom is -0.493 e. The van der Waals surface area contributed by atoms with Crippen molar-refractivity contribution >= 4 is 31.4 Å². The van der Waals surface area contributed by atoms with Gasteiger partial charge in [0.25, 0.3) is 5.56 Å². The van der Waals surface area contributed by atoms with Gasteiger partial charge in [0.05, 0.1) is 12.0 Å². The molecular formula is C32H33ClFN2O4P. The van der Waals surface area contributed by atoms with Crippen molar-refractivity contribution in [2.45, 2.75) is 46.5 Å². The van der Waals surface area contributed by atoms with Crippen LogP contribution in [0.3, 0.4) is 0 Å². The summed E-state index contributed by atoms with van der Waals surface area (Å²) in [6.45, 7) is 6.17. The highest BCUT2D eigenvalue weighted by molar-refractivity contribution is 7.47. The molecule has 1 unspecified atom stereocenters. The van der Waals surface area contributed by atoms with E-state index in [1.165, 1.54) is 16.7 Å². The van der Waals surface area contributed by atoms with E-state index in [0.29, 0.717) is 30.6 Å². The zero-order valence-corrected chi connectivity index (χ0v) is 25.1. The Morgan fingerprint density at radius 2 is 1.80 bits per heavy atom. The molecule has 0 aliphatic heterocycles. The van der Waals surface area contributed by atoms with E-state index in [1.54, 1.807) is 37.5 Å². The number of nitrogens with zero attached hydrogens (tertiary/aromatic N) is 2. The second-order valence-corrected chi connectivity index (χ2v) is 11.3. The first-order chi connectivity index (χ1) is 19.8. The van der Waals surface area contributed by atoms with E-state index >= 15 is 4.39 Å². The topological polar surface area (TPSA) is 70.4 Å². The fourth-order valence-electron chi connectivity index (χ4n) is 4.30. The number of ether oxygens (including phenoxy) is 2. The SMILES string of the molecule is CCCCCPc1nccc(Oc2ccc(CC(=O)c3c(OCC)ccn(-c4ccc(C)cc4)c3=O)cc2F)c1Cl. The van der Waals surface area contributed by atoms with Crippen molar-refractivity contribution in [3.63, 3.8) is 0 Å². The third-order valence-corrected chi connectivity index (χ3v) is 8.29. The highest BCUT2D eigenvalue weighted by Crippen LogP contribution is 2.32. The number of Topliss-reactive ketones (excluding diaryl/α,β-unsaturated/α-hetero) is 1. The zero-order valence-electron chi connectivity index (χ0n) is 23.4. The van der Waals surface area contributed by atoms with Crippen LogP contribution in [0.4, 0.5) is 4.39 Å². The summed E-state index contributed by atoms with van der Waals surface area (Å²) >= 11 is 6.52. The van der Waals surface area contributed by atoms with E-state index in [4.69, 9.17) is 21.1 Å². The molecule has 0 fully saturated rings. The molecule has 1 atom stereocenters. The number of hydrogen-bond donors (Lipinski definition) is 0. The van der Waals surface area contributed by atoms with Gasteiger partial charge in [-0.1, -0.05) is 63.7 Å². The van der Waals surface area contributed by atoms with Gasteiger partial charge in [0.1, 0.15) is 22.1 Å². The van der Waals surface area contributed by atoms with Crippen molar-refractivity contribution in [2.75, 3.05) is 12.8 Å². The molecule has 41 heavy (non-hydrogen) atoms. The standard InChI is InChI=1S/C32H33ClFN2O4P/c1-4-6-7-18-41-31-30(33)28(14-16-35-31)40-26-13-10-22(19-24(26)34)20-25(37)29-27(39-5-2)15-17-36(32(29)38)23-11-8-21(3)9-12-23/h8-17,19,41H,4-7,18,20H2,1-3H3. The van der Waals surface area contributed by atoms with Crippen molar-refractivity contribution in [2.24, 2.45) is 0 Å². The van der Waals surface area contributed by atoms with Crippen molar-refractivity contribution < 1.29 is 18.7 Å². The largest absolute Gasteiger partial charge is 0.493 e. The molecule has 2 heterocycles. The van der Waals surface area contributed by atoms with Gasteiger partial charge in [0, 0.05) is 30.6 Å². The van der Waals surface area contributed by atoms with E-state index < -0.39 is 17.2 Å². The lowest BCUT2D eigenvalue weighted by atomic mass is 10.0. The molecule has 0 saturated carbocycles. The molecule has 6 nitrogen and oxygen atoms in total. The van der Waals surface area contributed by atoms with Gasteiger partial charge in [0.15, 0.2) is 17.3 Å². The Balaban J connectivity index is 1.54. The van der Waals surface area contributed by atoms with Crippen LogP contribution in [0.5, 0.6) is 17.2 Å². The molecule has 2 aromatic heterocycles. The number of ketones is 1. The van der Waals surface area contributed by atoms with Crippen molar-refractivity contribution in [3.8, 4) is 22.9 Å². The maximum atomic E-state index is 15.1. The summed E-state index contributed by atoms with van der Waals surface area (Å²) in [5.41, 5.74) is 2.24. The van der Waals surface area contributed by atoms with Gasteiger partial charge >= 0.3 is 0 Å². The minimum atomic E-state index is -0.648. The fourth-order valence-corrected chi connectivity index (χ4v) is 5.76. The van der Waals surface area contributed by atoms with E-state index in [1.807, 2.05) is 31.2 Å². The molecule has 4 rings (SSSR count). The Kier molecular flexibility index (Phi) is 10.7. The number of halogens is 2. The van der Waals surface area contributed by atoms with Gasteiger partial charge in [-0.05, 0) is 62.3 Å². The summed E-state index contributed by atoms with van der Waals surface area (Å²) in [4.78, 5) is 31.2. The van der Waals surface area contributed by atoms with Crippen molar-refractivity contribution in [3.05, 3.63) is 105 Å². The first-order valence-electron chi connectivity index (χ1n) is 13.7. The highest BCUT2D eigenvalue weighted by Gasteiger charge is 2.21. The van der Waals surface area contributed by atoms with Gasteiger partial charge in [-0.15, -0.1) is 0 Å². The van der Waals surface area contributed by atoms with Crippen LogP contribution in [-0.2, 0) is 6.42 Å². The van der Waals surface area contributed by atoms with Crippen LogP contribution in [0.15, 0.2) is 71.8 Å². The van der Waals surface area contributed by atoms with Gasteiger partial charge in [-0.3, -0.25) is 19.1 Å². The average molecular weight is 595 g/mol. The maximum absolute atomic E-state index is 15.1. The predicted octanol–water partition coefficient (Wildman–Crippen LogP) is 7.44. The number of pyridine rings is 2. The molecule has 0 bridgehead atoms. The lowest BCUT2D eigenvalue weighted by Gasteiger charge is -2.14. The fraction of sp³-hybridized carbons (Fsp3) is 0.281. The van der Waals surface area contributed by atoms with Crippen LogP contribution in [0, 0.1) is 12.7 Å². The molecule has 0 radical (unpaired) electrons. The third kappa shape index (κ3) is 7.60. The smallest absolute Gasteiger partial charge is 0.269 e. The highest BCUT2D eigenvalue weighted by atomic mass is 35.5. The molecule has 0 N–H and O–H groups in total. The van der Waals surface area contributed by atoms with Crippen LogP contribution >= 0.6 is 20.2 Å². The second kappa shape index (κ2) is 14.4. The number of unbranched alkanes of at least 4 members (excludes halogenated alkanes) is 2. The van der Waals surface area contributed by atoms with Crippen LogP contribution in [0.25, 0.3) is 5.69 Å². The second-order valence-electron chi connectivity index (χ2n) is 9.57. The lowest BCUT2D eigenvalue weighted by molar-refractivity contribution is 0.0987. The van der Waals surface area contributed by atoms with E-state index in [2.05, 4.69) is 11.9 Å². The van der Waals surface area contributed by atoms with Crippen molar-refractivity contribution in [1.82, 2.24) is 9.55 Å². The summed E-state index contributed by atoms with van der Waals surface area (Å²) in [7, 11) is 0.443. The quantitative estimate of drug-likeness (QED) is 0.0914. The summed E-state index contributed by atoms with van der Waals surface area (Å²) in [5.74, 6) is -0.621. The molecule has 0 aliphatic rings. The molecule has 0 saturated heterocycles. The lowest BCUT2D eigenvalue weighted by Crippen LogP contribution is -2.27. The number of aromatic nitrogens is 2. The van der Waals surface area contributed by atoms with Crippen LogP contribution < -0.4 is 20.5 Å². The van der Waals surface area contributed by atoms with Gasteiger partial charge < -0.3 is 9.47 Å². The summed E-state index contributed by atoms with van der Waals surface area (Å²) < 4.78 is 27.9. The first kappa shape index (κ1) is 30.4. The number of hydrogen-bond acceptors (Lipinski definition) is 5. The third-order valence-electron chi connectivity index (χ3n) is 6.45. The molecule has 2 aromatic carbocycles. The van der Waals surface area contributed by atoms with Crippen LogP contribution in [0.1, 0.15) is 54.6 Å². The molecule has 0 amide bonds. The van der Waals surface area contributed by atoms with E-state index in [9.17, 15) is 9.59 Å². The number of carbonyl (C=O) groups is 1. The van der Waals surface area contributed by atoms with E-state index in [0.717, 1.165) is 36.4 Å². The minimum absolute atomic E-state index is 0.0222. The number of carbonyl (C=O) groups excluding carboxylic acids is 1. The molecule has 4 aromatic rings. The van der Waals surface area contributed by atoms with Gasteiger partial charge in [0.2, 0.25) is 0 Å². The van der Waals surface area contributed by atoms with Gasteiger partial charge in [-0.2, -0.15) is 0 Å². The van der Waals surface area contributed by atoms with Gasteiger partial charge in [-0.25, -0.2) is 4.39 Å².